The zero-order valence-corrected chi connectivity index (χ0v) is 33.5. The van der Waals surface area contributed by atoms with Crippen LogP contribution in [0.15, 0.2) is 30.3 Å². The Bertz CT molecular complexity index is 1300. The SMILES string of the molecule is C.C.CC(C)(C)N1CCCCCCC1.CC(C)(C)N1CCN(Cc2ccc3c(c2)CCO3)CC1.COc1cc2c(cc1C)CCN(C(C)(C)C)C2. The number of likely N-dealkylation sites (tertiary alicyclic amines) is 1. The average Bonchev–Trinajstić information content (AvgIpc) is 3.48. The molecule has 6 rings (SSSR count). The molecule has 6 nitrogen and oxygen atoms in total. The Balaban J connectivity index is 0.000000268. The van der Waals surface area contributed by atoms with Gasteiger partial charge < -0.3 is 9.47 Å². The van der Waals surface area contributed by atoms with Gasteiger partial charge in [-0.1, -0.05) is 52.3 Å². The van der Waals surface area contributed by atoms with Crippen molar-refractivity contribution < 1.29 is 9.47 Å². The van der Waals surface area contributed by atoms with Crippen LogP contribution in [0.25, 0.3) is 0 Å². The molecule has 0 saturated carbocycles. The van der Waals surface area contributed by atoms with Crippen molar-refractivity contribution in [1.82, 2.24) is 19.6 Å². The van der Waals surface area contributed by atoms with Gasteiger partial charge in [-0.15, -0.1) is 0 Å². The van der Waals surface area contributed by atoms with Gasteiger partial charge in [0.15, 0.2) is 0 Å². The quantitative estimate of drug-likeness (QED) is 0.316. The number of rotatable bonds is 3. The summed E-state index contributed by atoms with van der Waals surface area (Å²) in [5.74, 6) is 2.10. The molecule has 0 bridgehead atoms. The molecule has 4 aliphatic heterocycles. The van der Waals surface area contributed by atoms with Crippen LogP contribution in [-0.2, 0) is 25.9 Å². The minimum absolute atomic E-state index is 0. The topological polar surface area (TPSA) is 31.4 Å². The highest BCUT2D eigenvalue weighted by Gasteiger charge is 2.27. The van der Waals surface area contributed by atoms with Gasteiger partial charge >= 0.3 is 0 Å². The first kappa shape index (κ1) is 45.0. The van der Waals surface area contributed by atoms with Crippen LogP contribution in [0.5, 0.6) is 11.5 Å². The van der Waals surface area contributed by atoms with E-state index in [9.17, 15) is 0 Å². The molecular weight excluding hydrogens is 629 g/mol. The minimum atomic E-state index is 0. The number of nitrogens with zero attached hydrogens (tertiary/aromatic N) is 4. The molecule has 0 unspecified atom stereocenters. The molecule has 4 aliphatic rings. The lowest BCUT2D eigenvalue weighted by molar-refractivity contribution is 0.0591. The van der Waals surface area contributed by atoms with E-state index in [1.807, 2.05) is 0 Å². The third-order valence-electron chi connectivity index (χ3n) is 11.0. The highest BCUT2D eigenvalue weighted by molar-refractivity contribution is 5.43. The smallest absolute Gasteiger partial charge is 0.122 e. The fraction of sp³-hybridized carbons (Fsp3) is 0.733. The first-order chi connectivity index (χ1) is 23.0. The van der Waals surface area contributed by atoms with Gasteiger partial charge in [0.2, 0.25) is 0 Å². The Kier molecular flexibility index (Phi) is 17.5. The van der Waals surface area contributed by atoms with E-state index in [2.05, 4.69) is 119 Å². The number of hydrogen-bond acceptors (Lipinski definition) is 6. The van der Waals surface area contributed by atoms with E-state index < -0.39 is 0 Å². The molecule has 292 valence electrons. The summed E-state index contributed by atoms with van der Waals surface area (Å²) >= 11 is 0. The standard InChI is InChI=1S/C17H26N2O.C15H23NO.C11H23N.2CH4/c1-17(2,3)19-9-7-18(8-10-19)13-14-4-5-16-15(12-14)6-11-20-16;1-11-8-12-6-7-16(15(2,3)4)10-13(12)9-14(11)17-5;1-11(2,3)12-9-7-5-4-6-8-10-12;;/h4-5,12H,6-11,13H2,1-3H3;8-9H,6-7,10H2,1-5H3;4-10H2,1-3H3;2*1H4. The molecule has 6 heteroatoms. The van der Waals surface area contributed by atoms with Crippen molar-refractivity contribution in [1.29, 1.82) is 0 Å². The maximum atomic E-state index is 5.57. The number of aryl methyl sites for hydroxylation is 1. The highest BCUT2D eigenvalue weighted by atomic mass is 16.5. The van der Waals surface area contributed by atoms with Crippen molar-refractivity contribution in [2.24, 2.45) is 0 Å². The lowest BCUT2D eigenvalue weighted by atomic mass is 9.93. The van der Waals surface area contributed by atoms with Crippen LogP contribution in [-0.4, -0.2) is 95.7 Å². The number of methoxy groups -OCH3 is 1. The predicted octanol–water partition coefficient (Wildman–Crippen LogP) is 10.0. The second kappa shape index (κ2) is 19.8. The summed E-state index contributed by atoms with van der Waals surface area (Å²) in [5, 5.41) is 0. The average molecular weight is 709 g/mol. The third kappa shape index (κ3) is 13.7. The summed E-state index contributed by atoms with van der Waals surface area (Å²) in [6.45, 7) is 34.3. The van der Waals surface area contributed by atoms with Gasteiger partial charge in [0.25, 0.3) is 0 Å². The van der Waals surface area contributed by atoms with E-state index >= 15 is 0 Å². The van der Waals surface area contributed by atoms with Crippen molar-refractivity contribution in [3.05, 3.63) is 58.1 Å². The number of piperazine rings is 1. The molecule has 2 aromatic rings. The van der Waals surface area contributed by atoms with Gasteiger partial charge in [-0.3, -0.25) is 19.6 Å². The summed E-state index contributed by atoms with van der Waals surface area (Å²) < 4.78 is 11.0. The van der Waals surface area contributed by atoms with Crippen LogP contribution in [0.1, 0.15) is 137 Å². The van der Waals surface area contributed by atoms with E-state index in [0.717, 1.165) is 50.6 Å². The Morgan fingerprint density at radius 3 is 1.75 bits per heavy atom. The molecule has 51 heavy (non-hydrogen) atoms. The monoisotopic (exact) mass is 709 g/mol. The van der Waals surface area contributed by atoms with Crippen molar-refractivity contribution in [2.75, 3.05) is 59.5 Å². The zero-order valence-electron chi connectivity index (χ0n) is 33.5. The van der Waals surface area contributed by atoms with Gasteiger partial charge in [-0.05, 0) is 142 Å². The first-order valence-electron chi connectivity index (χ1n) is 19.4. The summed E-state index contributed by atoms with van der Waals surface area (Å²) in [7, 11) is 1.75. The van der Waals surface area contributed by atoms with Gasteiger partial charge in [-0.2, -0.15) is 0 Å². The molecule has 4 heterocycles. The van der Waals surface area contributed by atoms with Crippen molar-refractivity contribution >= 4 is 0 Å². The molecule has 2 saturated heterocycles. The van der Waals surface area contributed by atoms with Crippen LogP contribution in [0, 0.1) is 6.92 Å². The summed E-state index contributed by atoms with van der Waals surface area (Å²) in [4.78, 5) is 10.3. The molecule has 0 spiro atoms. The number of benzene rings is 2. The van der Waals surface area contributed by atoms with Crippen LogP contribution in [0.4, 0.5) is 0 Å². The maximum Gasteiger partial charge on any atom is 0.122 e. The molecule has 0 N–H and O–H groups in total. The maximum absolute atomic E-state index is 5.57. The van der Waals surface area contributed by atoms with Crippen LogP contribution in [0.2, 0.25) is 0 Å². The minimum Gasteiger partial charge on any atom is -0.496 e. The lowest BCUT2D eigenvalue weighted by Gasteiger charge is -2.42. The van der Waals surface area contributed by atoms with Gasteiger partial charge in [0.1, 0.15) is 11.5 Å². The second-order valence-electron chi connectivity index (χ2n) is 17.8. The predicted molar refractivity (Wildman–Crippen MR) is 222 cm³/mol. The fourth-order valence-corrected chi connectivity index (χ4v) is 7.59. The lowest BCUT2D eigenvalue weighted by Crippen LogP contribution is -2.53. The summed E-state index contributed by atoms with van der Waals surface area (Å²) in [6.07, 6.45) is 9.35. The second-order valence-corrected chi connectivity index (χ2v) is 17.8. The van der Waals surface area contributed by atoms with Crippen LogP contribution < -0.4 is 9.47 Å². The van der Waals surface area contributed by atoms with E-state index in [0.29, 0.717) is 11.1 Å². The molecular formula is C45H80N4O2. The van der Waals surface area contributed by atoms with Crippen molar-refractivity contribution in [3.63, 3.8) is 0 Å². The zero-order chi connectivity index (χ0) is 35.8. The van der Waals surface area contributed by atoms with Gasteiger partial charge in [0, 0.05) is 68.9 Å². The van der Waals surface area contributed by atoms with E-state index in [1.165, 1.54) is 99.2 Å². The Morgan fingerprint density at radius 2 is 1.18 bits per heavy atom. The molecule has 0 atom stereocenters. The molecule has 0 radical (unpaired) electrons. The fourth-order valence-electron chi connectivity index (χ4n) is 7.59. The summed E-state index contributed by atoms with van der Waals surface area (Å²) in [5.41, 5.74) is 7.91. The third-order valence-corrected chi connectivity index (χ3v) is 11.0. The largest absolute Gasteiger partial charge is 0.496 e. The van der Waals surface area contributed by atoms with Crippen molar-refractivity contribution in [2.45, 2.75) is 159 Å². The molecule has 2 fully saturated rings. The highest BCUT2D eigenvalue weighted by Crippen LogP contribution is 2.30. The number of hydrogen-bond donors (Lipinski definition) is 0. The molecule has 0 aliphatic carbocycles. The molecule has 0 aromatic heterocycles. The Morgan fingerprint density at radius 1 is 0.608 bits per heavy atom. The summed E-state index contributed by atoms with van der Waals surface area (Å²) in [6, 6.07) is 11.2. The Hall–Kier alpha value is -2.12. The molecule has 2 aromatic carbocycles. The van der Waals surface area contributed by atoms with Gasteiger partial charge in [0.05, 0.1) is 13.7 Å². The van der Waals surface area contributed by atoms with Crippen molar-refractivity contribution in [3.8, 4) is 11.5 Å². The van der Waals surface area contributed by atoms with E-state index in [4.69, 9.17) is 9.47 Å². The Labute approximate surface area is 316 Å². The molecule has 0 amide bonds. The van der Waals surface area contributed by atoms with E-state index in [-0.39, 0.29) is 20.4 Å². The van der Waals surface area contributed by atoms with E-state index in [1.54, 1.807) is 7.11 Å². The number of ether oxygens (including phenoxy) is 2. The first-order valence-corrected chi connectivity index (χ1v) is 19.4. The van der Waals surface area contributed by atoms with Crippen LogP contribution in [0.3, 0.4) is 0 Å². The number of fused-ring (bicyclic) bond motifs is 2. The van der Waals surface area contributed by atoms with Gasteiger partial charge in [-0.25, -0.2) is 0 Å². The normalized spacial score (nSPS) is 19.2. The van der Waals surface area contributed by atoms with Crippen LogP contribution >= 0.6 is 0 Å².